The van der Waals surface area contributed by atoms with E-state index in [0.717, 1.165) is 5.69 Å². The molecule has 0 spiro atoms. The zero-order valence-electron chi connectivity index (χ0n) is 9.88. The van der Waals surface area contributed by atoms with Crippen LogP contribution in [0.1, 0.15) is 22.6 Å². The van der Waals surface area contributed by atoms with Gasteiger partial charge in [-0.2, -0.15) is 5.10 Å². The maximum atomic E-state index is 12.0. The van der Waals surface area contributed by atoms with E-state index in [1.54, 1.807) is 22.7 Å². The van der Waals surface area contributed by atoms with E-state index in [2.05, 4.69) is 5.10 Å². The summed E-state index contributed by atoms with van der Waals surface area (Å²) in [5.41, 5.74) is 1.29. The minimum Gasteiger partial charge on any atom is -0.481 e. The molecule has 1 aliphatic heterocycles. The number of rotatable bonds is 2. The Bertz CT molecular complexity index is 447. The average molecular weight is 237 g/mol. The molecule has 0 radical (unpaired) electrons. The molecule has 92 valence electrons. The minimum absolute atomic E-state index is 0.183. The summed E-state index contributed by atoms with van der Waals surface area (Å²) in [6.07, 6.45) is 0.521. The molecule has 2 heterocycles. The van der Waals surface area contributed by atoms with Crippen LogP contribution < -0.4 is 0 Å². The Hall–Kier alpha value is -1.85. The Morgan fingerprint density at radius 1 is 1.53 bits per heavy atom. The quantitative estimate of drug-likeness (QED) is 0.801. The van der Waals surface area contributed by atoms with Gasteiger partial charge in [-0.3, -0.25) is 14.3 Å². The fourth-order valence-corrected chi connectivity index (χ4v) is 1.97. The molecule has 0 aromatic carbocycles. The summed E-state index contributed by atoms with van der Waals surface area (Å²) in [7, 11) is 1.77. The lowest BCUT2D eigenvalue weighted by Crippen LogP contribution is -2.30. The smallest absolute Gasteiger partial charge is 0.308 e. The lowest BCUT2D eigenvalue weighted by molar-refractivity contribution is -0.141. The first kappa shape index (κ1) is 11.6. The Kier molecular flexibility index (Phi) is 2.87. The van der Waals surface area contributed by atoms with Gasteiger partial charge in [0, 0.05) is 25.8 Å². The van der Waals surface area contributed by atoms with Crippen LogP contribution in [-0.4, -0.2) is 44.8 Å². The summed E-state index contributed by atoms with van der Waals surface area (Å²) >= 11 is 0. The van der Waals surface area contributed by atoms with Crippen molar-refractivity contribution in [3.8, 4) is 0 Å². The Morgan fingerprint density at radius 3 is 2.71 bits per heavy atom. The van der Waals surface area contributed by atoms with E-state index in [4.69, 9.17) is 5.11 Å². The number of amides is 1. The summed E-state index contributed by atoms with van der Waals surface area (Å²) in [5, 5.41) is 13.0. The van der Waals surface area contributed by atoms with Gasteiger partial charge in [-0.15, -0.1) is 0 Å². The lowest BCUT2D eigenvalue weighted by Gasteiger charge is -2.13. The van der Waals surface area contributed by atoms with Gasteiger partial charge in [-0.05, 0) is 19.4 Å². The molecule has 2 rings (SSSR count). The van der Waals surface area contributed by atoms with Gasteiger partial charge < -0.3 is 10.0 Å². The van der Waals surface area contributed by atoms with E-state index >= 15 is 0 Å². The molecule has 1 atom stereocenters. The SMILES string of the molecule is Cc1cc(C(=O)N2CCC(C(=O)O)C2)nn1C. The number of aryl methyl sites for hydroxylation is 2. The predicted octanol–water partition coefficient (Wildman–Crippen LogP) is 0.275. The molecule has 1 amide bonds. The van der Waals surface area contributed by atoms with Crippen molar-refractivity contribution >= 4 is 11.9 Å². The average Bonchev–Trinajstić information content (AvgIpc) is 2.86. The molecule has 1 N–H and O–H groups in total. The number of hydrogen-bond acceptors (Lipinski definition) is 3. The number of nitrogens with zero attached hydrogens (tertiary/aromatic N) is 3. The van der Waals surface area contributed by atoms with E-state index in [1.807, 2.05) is 6.92 Å². The molecule has 0 bridgehead atoms. The summed E-state index contributed by atoms with van der Waals surface area (Å²) in [6, 6.07) is 1.72. The van der Waals surface area contributed by atoms with Gasteiger partial charge in [-0.1, -0.05) is 0 Å². The van der Waals surface area contributed by atoms with Crippen LogP contribution in [0.4, 0.5) is 0 Å². The summed E-state index contributed by atoms with van der Waals surface area (Å²) in [6.45, 7) is 2.64. The molecule has 6 heteroatoms. The molecular formula is C11H15N3O3. The van der Waals surface area contributed by atoms with Gasteiger partial charge in [0.25, 0.3) is 5.91 Å². The van der Waals surface area contributed by atoms with Crippen molar-refractivity contribution < 1.29 is 14.7 Å². The van der Waals surface area contributed by atoms with Crippen molar-refractivity contribution in [1.29, 1.82) is 0 Å². The normalized spacial score (nSPS) is 19.6. The van der Waals surface area contributed by atoms with E-state index in [1.165, 1.54) is 0 Å². The largest absolute Gasteiger partial charge is 0.481 e. The van der Waals surface area contributed by atoms with Gasteiger partial charge >= 0.3 is 5.97 Å². The topological polar surface area (TPSA) is 75.4 Å². The van der Waals surface area contributed by atoms with Gasteiger partial charge in [0.2, 0.25) is 0 Å². The summed E-state index contributed by atoms with van der Waals surface area (Å²) < 4.78 is 1.64. The molecule has 0 saturated carbocycles. The maximum Gasteiger partial charge on any atom is 0.308 e. The summed E-state index contributed by atoms with van der Waals surface area (Å²) in [4.78, 5) is 24.4. The monoisotopic (exact) mass is 237 g/mol. The lowest BCUT2D eigenvalue weighted by atomic mass is 10.1. The van der Waals surface area contributed by atoms with Crippen molar-refractivity contribution in [3.05, 3.63) is 17.5 Å². The van der Waals surface area contributed by atoms with Crippen molar-refractivity contribution in [3.63, 3.8) is 0 Å². The van der Waals surface area contributed by atoms with Crippen LogP contribution in [0, 0.1) is 12.8 Å². The number of carbonyl (C=O) groups excluding carboxylic acids is 1. The van der Waals surface area contributed by atoms with E-state index < -0.39 is 11.9 Å². The zero-order valence-corrected chi connectivity index (χ0v) is 9.88. The molecule has 1 saturated heterocycles. The first-order valence-corrected chi connectivity index (χ1v) is 5.51. The highest BCUT2D eigenvalue weighted by atomic mass is 16.4. The van der Waals surface area contributed by atoms with Crippen LogP contribution >= 0.6 is 0 Å². The van der Waals surface area contributed by atoms with E-state index in [0.29, 0.717) is 18.7 Å². The third-order valence-corrected chi connectivity index (χ3v) is 3.16. The minimum atomic E-state index is -0.836. The molecule has 17 heavy (non-hydrogen) atoms. The Labute approximate surface area is 98.8 Å². The van der Waals surface area contributed by atoms with Crippen LogP contribution in [0.5, 0.6) is 0 Å². The van der Waals surface area contributed by atoms with Gasteiger partial charge in [-0.25, -0.2) is 0 Å². The second-order valence-electron chi connectivity index (χ2n) is 4.37. The van der Waals surface area contributed by atoms with Crippen molar-refractivity contribution in [2.24, 2.45) is 13.0 Å². The van der Waals surface area contributed by atoms with Crippen LogP contribution in [-0.2, 0) is 11.8 Å². The van der Waals surface area contributed by atoms with Crippen LogP contribution in [0.2, 0.25) is 0 Å². The number of carboxylic acids is 1. The molecule has 1 unspecified atom stereocenters. The number of carboxylic acid groups (broad SMARTS) is 1. The molecule has 6 nitrogen and oxygen atoms in total. The number of aromatic nitrogens is 2. The fourth-order valence-electron chi connectivity index (χ4n) is 1.97. The fraction of sp³-hybridized carbons (Fsp3) is 0.545. The predicted molar refractivity (Wildman–Crippen MR) is 59.6 cm³/mol. The first-order chi connectivity index (χ1) is 7.99. The van der Waals surface area contributed by atoms with E-state index in [-0.39, 0.29) is 12.5 Å². The number of carbonyl (C=O) groups is 2. The van der Waals surface area contributed by atoms with Crippen molar-refractivity contribution in [2.45, 2.75) is 13.3 Å². The first-order valence-electron chi connectivity index (χ1n) is 5.51. The standard InChI is InChI=1S/C11H15N3O3/c1-7-5-9(12-13(7)2)10(15)14-4-3-8(6-14)11(16)17/h5,8H,3-4,6H2,1-2H3,(H,16,17). The number of hydrogen-bond donors (Lipinski definition) is 1. The molecule has 1 aliphatic rings. The molecule has 0 aliphatic carbocycles. The Morgan fingerprint density at radius 2 is 2.24 bits per heavy atom. The van der Waals surface area contributed by atoms with Gasteiger partial charge in [0.05, 0.1) is 5.92 Å². The molecule has 1 fully saturated rings. The third-order valence-electron chi connectivity index (χ3n) is 3.16. The highest BCUT2D eigenvalue weighted by Crippen LogP contribution is 2.18. The second-order valence-corrected chi connectivity index (χ2v) is 4.37. The zero-order chi connectivity index (χ0) is 12.6. The van der Waals surface area contributed by atoms with Crippen LogP contribution in [0.3, 0.4) is 0 Å². The van der Waals surface area contributed by atoms with Gasteiger partial charge in [0.1, 0.15) is 0 Å². The highest BCUT2D eigenvalue weighted by molar-refractivity contribution is 5.93. The second kappa shape index (κ2) is 4.20. The maximum absolute atomic E-state index is 12.0. The van der Waals surface area contributed by atoms with Crippen LogP contribution in [0.15, 0.2) is 6.07 Å². The summed E-state index contributed by atoms with van der Waals surface area (Å²) in [5.74, 6) is -1.46. The molecule has 1 aromatic heterocycles. The third kappa shape index (κ3) is 2.15. The molecular weight excluding hydrogens is 222 g/mol. The molecule has 1 aromatic rings. The Balaban J connectivity index is 2.09. The van der Waals surface area contributed by atoms with Crippen molar-refractivity contribution in [2.75, 3.05) is 13.1 Å². The number of likely N-dealkylation sites (tertiary alicyclic amines) is 1. The van der Waals surface area contributed by atoms with E-state index in [9.17, 15) is 9.59 Å². The number of aliphatic carboxylic acids is 1. The van der Waals surface area contributed by atoms with Gasteiger partial charge in [0.15, 0.2) is 5.69 Å². The van der Waals surface area contributed by atoms with Crippen LogP contribution in [0.25, 0.3) is 0 Å². The van der Waals surface area contributed by atoms with Crippen molar-refractivity contribution in [1.82, 2.24) is 14.7 Å². The highest BCUT2D eigenvalue weighted by Gasteiger charge is 2.32.